The molecule has 25 heavy (non-hydrogen) atoms. The molecular weight excluding hydrogens is 332 g/mol. The highest BCUT2D eigenvalue weighted by atomic mass is 32.2. The lowest BCUT2D eigenvalue weighted by molar-refractivity contribution is 0.324. The minimum atomic E-state index is -3.45. The van der Waals surface area contributed by atoms with E-state index < -0.39 is 10.0 Å². The predicted molar refractivity (Wildman–Crippen MR) is 101 cm³/mol. The van der Waals surface area contributed by atoms with Gasteiger partial charge in [-0.15, -0.1) is 0 Å². The number of rotatable bonds is 7. The summed E-state index contributed by atoms with van der Waals surface area (Å²) < 4.78 is 28.1. The van der Waals surface area contributed by atoms with Crippen LogP contribution in [0.15, 0.2) is 59.5 Å². The zero-order chi connectivity index (χ0) is 17.7. The van der Waals surface area contributed by atoms with Gasteiger partial charge in [0.15, 0.2) is 0 Å². The molecular formula is C20H26N2O2S. The van der Waals surface area contributed by atoms with Gasteiger partial charge >= 0.3 is 0 Å². The van der Waals surface area contributed by atoms with Crippen LogP contribution >= 0.6 is 0 Å². The normalized spacial score (nSPS) is 18.5. The van der Waals surface area contributed by atoms with Crippen LogP contribution in [-0.4, -0.2) is 32.4 Å². The number of likely N-dealkylation sites (tertiary alicyclic amines) is 1. The molecule has 1 unspecified atom stereocenters. The van der Waals surface area contributed by atoms with Crippen molar-refractivity contribution < 1.29 is 8.42 Å². The summed E-state index contributed by atoms with van der Waals surface area (Å²) in [7, 11) is -3.45. The van der Waals surface area contributed by atoms with Crippen molar-refractivity contribution >= 4 is 10.0 Å². The van der Waals surface area contributed by atoms with Gasteiger partial charge in [0.25, 0.3) is 0 Å². The van der Waals surface area contributed by atoms with Crippen molar-refractivity contribution in [3.8, 4) is 0 Å². The van der Waals surface area contributed by atoms with Gasteiger partial charge in [-0.25, -0.2) is 13.1 Å². The second-order valence-corrected chi connectivity index (χ2v) is 8.44. The van der Waals surface area contributed by atoms with E-state index in [-0.39, 0.29) is 6.04 Å². The molecule has 0 aliphatic carbocycles. The molecule has 5 heteroatoms. The van der Waals surface area contributed by atoms with E-state index in [0.717, 1.165) is 38.9 Å². The zero-order valence-electron chi connectivity index (χ0n) is 14.7. The average molecular weight is 359 g/mol. The molecule has 134 valence electrons. The van der Waals surface area contributed by atoms with Crippen molar-refractivity contribution in [3.63, 3.8) is 0 Å². The Bertz CT molecular complexity index is 773. The molecule has 2 aromatic carbocycles. The fraction of sp³-hybridized carbons (Fsp3) is 0.400. The predicted octanol–water partition coefficient (Wildman–Crippen LogP) is 3.19. The molecule has 0 radical (unpaired) electrons. The Morgan fingerprint density at radius 2 is 1.76 bits per heavy atom. The van der Waals surface area contributed by atoms with Crippen molar-refractivity contribution in [1.82, 2.24) is 9.62 Å². The van der Waals surface area contributed by atoms with Gasteiger partial charge in [-0.1, -0.05) is 55.8 Å². The maximum Gasteiger partial charge on any atom is 0.240 e. The molecule has 1 fully saturated rings. The highest BCUT2D eigenvalue weighted by Crippen LogP contribution is 2.17. The molecule has 4 nitrogen and oxygen atoms in total. The van der Waals surface area contributed by atoms with E-state index in [0.29, 0.717) is 4.90 Å². The van der Waals surface area contributed by atoms with Crippen LogP contribution in [0.25, 0.3) is 0 Å². The summed E-state index contributed by atoms with van der Waals surface area (Å²) in [6.45, 7) is 4.65. The molecule has 0 aromatic heterocycles. The Balaban J connectivity index is 1.58. The second kappa shape index (κ2) is 8.13. The molecule has 0 bridgehead atoms. The van der Waals surface area contributed by atoms with E-state index in [2.05, 4.69) is 28.7 Å². The molecule has 1 aliphatic heterocycles. The summed E-state index contributed by atoms with van der Waals surface area (Å²) >= 11 is 0. The number of nitrogens with one attached hydrogen (secondary N) is 1. The maximum atomic E-state index is 12.6. The van der Waals surface area contributed by atoms with Crippen LogP contribution in [-0.2, 0) is 23.0 Å². The van der Waals surface area contributed by atoms with Crippen molar-refractivity contribution in [2.45, 2.75) is 43.7 Å². The van der Waals surface area contributed by atoms with Crippen LogP contribution in [0.2, 0.25) is 0 Å². The summed E-state index contributed by atoms with van der Waals surface area (Å²) in [5, 5.41) is 0. The van der Waals surface area contributed by atoms with Crippen molar-refractivity contribution in [2.75, 3.05) is 13.1 Å². The summed E-state index contributed by atoms with van der Waals surface area (Å²) in [5.74, 6) is 0. The Hall–Kier alpha value is -1.69. The molecule has 1 saturated heterocycles. The molecule has 1 atom stereocenters. The number of sulfonamides is 1. The molecule has 1 aliphatic rings. The maximum absolute atomic E-state index is 12.6. The first-order chi connectivity index (χ1) is 12.1. The summed E-state index contributed by atoms with van der Waals surface area (Å²) in [5.41, 5.74) is 2.44. The van der Waals surface area contributed by atoms with Crippen molar-refractivity contribution in [2.24, 2.45) is 0 Å². The monoisotopic (exact) mass is 358 g/mol. The van der Waals surface area contributed by atoms with Gasteiger partial charge in [0.2, 0.25) is 10.0 Å². The lowest BCUT2D eigenvalue weighted by atomic mass is 10.1. The largest absolute Gasteiger partial charge is 0.297 e. The van der Waals surface area contributed by atoms with E-state index >= 15 is 0 Å². The number of benzene rings is 2. The number of hydrogen-bond acceptors (Lipinski definition) is 3. The number of nitrogens with zero attached hydrogens (tertiary/aromatic N) is 1. The van der Waals surface area contributed by atoms with Crippen LogP contribution in [0.1, 0.15) is 30.9 Å². The molecule has 1 heterocycles. The van der Waals surface area contributed by atoms with Gasteiger partial charge in [-0.2, -0.15) is 0 Å². The molecule has 2 aromatic rings. The summed E-state index contributed by atoms with van der Waals surface area (Å²) in [6.07, 6.45) is 2.88. The zero-order valence-corrected chi connectivity index (χ0v) is 15.5. The highest BCUT2D eigenvalue weighted by molar-refractivity contribution is 7.89. The molecule has 0 spiro atoms. The lowest BCUT2D eigenvalue weighted by Crippen LogP contribution is -2.36. The van der Waals surface area contributed by atoms with Gasteiger partial charge in [-0.3, -0.25) is 4.90 Å². The topological polar surface area (TPSA) is 49.4 Å². The third-order valence-corrected chi connectivity index (χ3v) is 6.15. The standard InChI is InChI=1S/C20H26N2O2S/c1-2-6-17-9-11-20(12-10-17)25(23,24)21-19-13-14-22(16-19)15-18-7-4-3-5-8-18/h3-5,7-12,19,21H,2,6,13-16H2,1H3. The average Bonchev–Trinajstić information content (AvgIpc) is 3.03. The smallest absolute Gasteiger partial charge is 0.240 e. The first-order valence-corrected chi connectivity index (χ1v) is 10.4. The molecule has 1 N–H and O–H groups in total. The number of aryl methyl sites for hydroxylation is 1. The first-order valence-electron chi connectivity index (χ1n) is 8.94. The van der Waals surface area contributed by atoms with Crippen LogP contribution in [0.3, 0.4) is 0 Å². The number of hydrogen-bond donors (Lipinski definition) is 1. The molecule has 0 saturated carbocycles. The summed E-state index contributed by atoms with van der Waals surface area (Å²) in [4.78, 5) is 2.65. The minimum Gasteiger partial charge on any atom is -0.297 e. The van der Waals surface area contributed by atoms with E-state index in [1.54, 1.807) is 12.1 Å². The van der Waals surface area contributed by atoms with Crippen molar-refractivity contribution in [3.05, 3.63) is 65.7 Å². The van der Waals surface area contributed by atoms with Crippen LogP contribution in [0.5, 0.6) is 0 Å². The third kappa shape index (κ3) is 4.91. The first kappa shape index (κ1) is 18.1. The molecule has 3 rings (SSSR count). The summed E-state index contributed by atoms with van der Waals surface area (Å²) in [6, 6.07) is 17.5. The van der Waals surface area contributed by atoms with Gasteiger partial charge in [0.1, 0.15) is 0 Å². The van der Waals surface area contributed by atoms with E-state index in [1.165, 1.54) is 11.1 Å². The van der Waals surface area contributed by atoms with Gasteiger partial charge in [0, 0.05) is 25.7 Å². The van der Waals surface area contributed by atoms with E-state index in [4.69, 9.17) is 0 Å². The third-order valence-electron chi connectivity index (χ3n) is 4.62. The van der Waals surface area contributed by atoms with Crippen LogP contribution < -0.4 is 4.72 Å². The Morgan fingerprint density at radius 3 is 2.44 bits per heavy atom. The van der Waals surface area contributed by atoms with Gasteiger partial charge < -0.3 is 0 Å². The van der Waals surface area contributed by atoms with Crippen LogP contribution in [0, 0.1) is 0 Å². The van der Waals surface area contributed by atoms with Gasteiger partial charge in [0.05, 0.1) is 4.90 Å². The SMILES string of the molecule is CCCc1ccc(S(=O)(=O)NC2CCN(Cc3ccccc3)C2)cc1. The Labute approximate surface area is 150 Å². The Morgan fingerprint density at radius 1 is 1.04 bits per heavy atom. The van der Waals surface area contributed by atoms with E-state index in [1.807, 2.05) is 30.3 Å². The minimum absolute atomic E-state index is 0.0240. The van der Waals surface area contributed by atoms with E-state index in [9.17, 15) is 8.42 Å². The quantitative estimate of drug-likeness (QED) is 0.827. The second-order valence-electron chi connectivity index (χ2n) is 6.72. The lowest BCUT2D eigenvalue weighted by Gasteiger charge is -2.17. The Kier molecular flexibility index (Phi) is 5.89. The van der Waals surface area contributed by atoms with Crippen LogP contribution in [0.4, 0.5) is 0 Å². The fourth-order valence-electron chi connectivity index (χ4n) is 3.33. The van der Waals surface area contributed by atoms with Gasteiger partial charge in [-0.05, 0) is 36.1 Å². The van der Waals surface area contributed by atoms with Crippen molar-refractivity contribution in [1.29, 1.82) is 0 Å². The fourth-order valence-corrected chi connectivity index (χ4v) is 4.59. The highest BCUT2D eigenvalue weighted by Gasteiger charge is 2.27. The molecule has 0 amide bonds.